The summed E-state index contributed by atoms with van der Waals surface area (Å²) in [5, 5.41) is 0. The Bertz CT molecular complexity index is 1120. The van der Waals surface area contributed by atoms with Crippen LogP contribution in [0, 0.1) is 0 Å². The van der Waals surface area contributed by atoms with Gasteiger partial charge in [0.2, 0.25) is 15.9 Å². The van der Waals surface area contributed by atoms with E-state index in [-0.39, 0.29) is 24.5 Å². The van der Waals surface area contributed by atoms with Crippen LogP contribution >= 0.6 is 0 Å². The minimum absolute atomic E-state index is 0.0891. The molecule has 7 nitrogen and oxygen atoms in total. The van der Waals surface area contributed by atoms with Gasteiger partial charge in [0.25, 0.3) is 0 Å². The highest BCUT2D eigenvalue weighted by Gasteiger charge is 2.30. The van der Waals surface area contributed by atoms with Crippen LogP contribution in [0.2, 0.25) is 0 Å². The van der Waals surface area contributed by atoms with Gasteiger partial charge in [0.05, 0.1) is 11.5 Å². The van der Waals surface area contributed by atoms with Crippen molar-refractivity contribution in [2.45, 2.75) is 50.3 Å². The molecule has 4 rings (SSSR count). The lowest BCUT2D eigenvalue weighted by Gasteiger charge is -2.26. The van der Waals surface area contributed by atoms with E-state index in [2.05, 4.69) is 0 Å². The average molecular weight is 471 g/mol. The van der Waals surface area contributed by atoms with Crippen molar-refractivity contribution >= 4 is 27.4 Å². The summed E-state index contributed by atoms with van der Waals surface area (Å²) in [6, 6.07) is 12.0. The van der Waals surface area contributed by atoms with Crippen LogP contribution in [-0.4, -0.2) is 50.7 Å². The number of carbonyl (C=O) groups excluding carboxylic acids is 2. The Hall–Kier alpha value is -2.71. The van der Waals surface area contributed by atoms with Gasteiger partial charge in [-0.2, -0.15) is 4.31 Å². The smallest absolute Gasteiger partial charge is 0.243 e. The number of ether oxygens (including phenoxy) is 1. The molecule has 0 radical (unpaired) electrons. The second kappa shape index (κ2) is 10.1. The Morgan fingerprint density at radius 2 is 1.67 bits per heavy atom. The van der Waals surface area contributed by atoms with Gasteiger partial charge in [-0.1, -0.05) is 6.42 Å². The molecule has 0 bridgehead atoms. The minimum atomic E-state index is -3.50. The lowest BCUT2D eigenvalue weighted by Crippen LogP contribution is -2.35. The van der Waals surface area contributed by atoms with Crippen molar-refractivity contribution in [3.05, 3.63) is 53.6 Å². The number of sulfonamides is 1. The van der Waals surface area contributed by atoms with E-state index in [9.17, 15) is 18.0 Å². The van der Waals surface area contributed by atoms with Crippen LogP contribution in [-0.2, 0) is 21.2 Å². The molecule has 0 aliphatic carbocycles. The first-order valence-corrected chi connectivity index (χ1v) is 13.0. The number of fused-ring (bicyclic) bond motifs is 1. The zero-order chi connectivity index (χ0) is 23.4. The van der Waals surface area contributed by atoms with Crippen LogP contribution in [0.25, 0.3) is 0 Å². The maximum absolute atomic E-state index is 13.0. The summed E-state index contributed by atoms with van der Waals surface area (Å²) >= 11 is 0. The standard InChI is InChI=1S/C25H30N2O5S/c1-2-32-21-8-6-19(7-9-21)24(28)12-13-25(29)27-17-14-20-18-22(10-11-23(20)27)33(30,31)26-15-4-3-5-16-26/h6-11,18H,2-5,12-17H2,1H3. The molecule has 1 fully saturated rings. The van der Waals surface area contributed by atoms with E-state index in [4.69, 9.17) is 4.74 Å². The van der Waals surface area contributed by atoms with E-state index < -0.39 is 10.0 Å². The summed E-state index contributed by atoms with van der Waals surface area (Å²) < 4.78 is 32.9. The van der Waals surface area contributed by atoms with Crippen molar-refractivity contribution in [1.82, 2.24) is 4.31 Å². The maximum atomic E-state index is 13.0. The van der Waals surface area contributed by atoms with E-state index in [1.807, 2.05) is 6.92 Å². The normalized spacial score (nSPS) is 16.5. The first kappa shape index (κ1) is 23.4. The zero-order valence-electron chi connectivity index (χ0n) is 19.0. The largest absolute Gasteiger partial charge is 0.494 e. The molecule has 2 aromatic carbocycles. The van der Waals surface area contributed by atoms with Gasteiger partial charge in [-0.05, 0) is 74.2 Å². The third-order valence-corrected chi connectivity index (χ3v) is 8.15. The number of Topliss-reactive ketones (excluding diaryl/α,β-unsaturated/α-hetero) is 1. The number of amides is 1. The van der Waals surface area contributed by atoms with Crippen LogP contribution in [0.15, 0.2) is 47.4 Å². The lowest BCUT2D eigenvalue weighted by atomic mass is 10.1. The molecule has 0 saturated carbocycles. The number of benzene rings is 2. The van der Waals surface area contributed by atoms with E-state index in [1.54, 1.807) is 51.7 Å². The van der Waals surface area contributed by atoms with Crippen molar-refractivity contribution in [2.75, 3.05) is 31.1 Å². The molecule has 0 spiro atoms. The van der Waals surface area contributed by atoms with Crippen LogP contribution in [0.1, 0.15) is 54.9 Å². The van der Waals surface area contributed by atoms with Gasteiger partial charge in [-0.25, -0.2) is 8.42 Å². The molecule has 8 heteroatoms. The van der Waals surface area contributed by atoms with Crippen molar-refractivity contribution in [1.29, 1.82) is 0 Å². The number of nitrogens with zero attached hydrogens (tertiary/aromatic N) is 2. The van der Waals surface area contributed by atoms with Gasteiger partial charge in [0.15, 0.2) is 5.78 Å². The average Bonchev–Trinajstić information content (AvgIpc) is 3.27. The third-order valence-electron chi connectivity index (χ3n) is 6.25. The highest BCUT2D eigenvalue weighted by Crippen LogP contribution is 2.32. The summed E-state index contributed by atoms with van der Waals surface area (Å²) in [5.74, 6) is 0.494. The molecule has 33 heavy (non-hydrogen) atoms. The summed E-state index contributed by atoms with van der Waals surface area (Å²) in [6.07, 6.45) is 3.69. The van der Waals surface area contributed by atoms with E-state index in [1.165, 1.54) is 0 Å². The Morgan fingerprint density at radius 1 is 0.939 bits per heavy atom. The molecule has 0 atom stereocenters. The van der Waals surface area contributed by atoms with Gasteiger partial charge in [-0.15, -0.1) is 0 Å². The quantitative estimate of drug-likeness (QED) is 0.548. The van der Waals surface area contributed by atoms with Crippen LogP contribution in [0.4, 0.5) is 5.69 Å². The number of rotatable bonds is 8. The minimum Gasteiger partial charge on any atom is -0.494 e. The van der Waals surface area contributed by atoms with Gasteiger partial charge in [0.1, 0.15) is 5.75 Å². The zero-order valence-corrected chi connectivity index (χ0v) is 19.8. The predicted molar refractivity (Wildman–Crippen MR) is 126 cm³/mol. The monoisotopic (exact) mass is 470 g/mol. The number of ketones is 1. The van der Waals surface area contributed by atoms with Crippen molar-refractivity contribution < 1.29 is 22.7 Å². The molecule has 0 aromatic heterocycles. The first-order valence-electron chi connectivity index (χ1n) is 11.6. The lowest BCUT2D eigenvalue weighted by molar-refractivity contribution is -0.118. The maximum Gasteiger partial charge on any atom is 0.243 e. The fourth-order valence-electron chi connectivity index (χ4n) is 4.46. The Morgan fingerprint density at radius 3 is 2.36 bits per heavy atom. The molecule has 2 heterocycles. The summed E-state index contributed by atoms with van der Waals surface area (Å²) in [4.78, 5) is 27.3. The molecule has 2 aliphatic heterocycles. The number of hydrogen-bond acceptors (Lipinski definition) is 5. The molecule has 0 N–H and O–H groups in total. The van der Waals surface area contributed by atoms with Crippen LogP contribution < -0.4 is 9.64 Å². The van der Waals surface area contributed by atoms with Gasteiger partial charge in [0, 0.05) is 43.7 Å². The summed E-state index contributed by atoms with van der Waals surface area (Å²) in [7, 11) is -3.50. The van der Waals surface area contributed by atoms with Crippen LogP contribution in [0.3, 0.4) is 0 Å². The van der Waals surface area contributed by atoms with Crippen molar-refractivity contribution in [2.24, 2.45) is 0 Å². The Kier molecular flexibility index (Phi) is 7.14. The SMILES string of the molecule is CCOc1ccc(C(=O)CCC(=O)N2CCc3cc(S(=O)(=O)N4CCCCC4)ccc32)cc1. The van der Waals surface area contributed by atoms with Gasteiger partial charge >= 0.3 is 0 Å². The first-order chi connectivity index (χ1) is 15.9. The molecule has 2 aliphatic rings. The molecule has 0 unspecified atom stereocenters. The van der Waals surface area contributed by atoms with Crippen LogP contribution in [0.5, 0.6) is 5.75 Å². The molecule has 1 amide bonds. The number of anilines is 1. The summed E-state index contributed by atoms with van der Waals surface area (Å²) in [6.45, 7) is 4.08. The number of hydrogen-bond donors (Lipinski definition) is 0. The molecule has 2 aromatic rings. The highest BCUT2D eigenvalue weighted by molar-refractivity contribution is 7.89. The summed E-state index contributed by atoms with van der Waals surface area (Å²) in [5.41, 5.74) is 2.16. The predicted octanol–water partition coefficient (Wildman–Crippen LogP) is 3.81. The second-order valence-corrected chi connectivity index (χ2v) is 10.4. The molecule has 1 saturated heterocycles. The molecular formula is C25H30N2O5S. The topological polar surface area (TPSA) is 84.0 Å². The van der Waals surface area contributed by atoms with Gasteiger partial charge in [-0.3, -0.25) is 9.59 Å². The van der Waals surface area contributed by atoms with Crippen molar-refractivity contribution in [3.8, 4) is 5.75 Å². The van der Waals surface area contributed by atoms with Gasteiger partial charge < -0.3 is 9.64 Å². The fourth-order valence-corrected chi connectivity index (χ4v) is 6.02. The number of piperidine rings is 1. The number of carbonyl (C=O) groups is 2. The van der Waals surface area contributed by atoms with Crippen molar-refractivity contribution in [3.63, 3.8) is 0 Å². The third kappa shape index (κ3) is 5.12. The van der Waals surface area contributed by atoms with E-state index >= 15 is 0 Å². The second-order valence-electron chi connectivity index (χ2n) is 8.43. The van der Waals surface area contributed by atoms with E-state index in [0.717, 1.165) is 30.5 Å². The van der Waals surface area contributed by atoms with E-state index in [0.29, 0.717) is 48.9 Å². The molecular weight excluding hydrogens is 440 g/mol. The fraction of sp³-hybridized carbons (Fsp3) is 0.440. The Labute approximate surface area is 195 Å². The highest BCUT2D eigenvalue weighted by atomic mass is 32.2. The molecule has 176 valence electrons. The Balaban J connectivity index is 1.39.